The standard InChI is InChI=1S/C27H29F4N3O/c1-4-22(32-2)26(19-8-6-5-7-9-19)34-23(20-12-13-21(28)24(16-20)35-3)14-10-18-11-15-25(33-17-18)27(29,30)31/h4-9,11-13,15-17,23,26,32,34H,10,14H2,1-3H3/b22-4-/t23-,26-/m1/s1. The third kappa shape index (κ3) is 6.82. The van der Waals surface area contributed by atoms with Crippen LogP contribution in [0.5, 0.6) is 5.75 Å². The van der Waals surface area contributed by atoms with Gasteiger partial charge in [0.05, 0.1) is 13.2 Å². The number of aryl methyl sites for hydroxylation is 1. The minimum Gasteiger partial charge on any atom is -0.494 e. The zero-order valence-corrected chi connectivity index (χ0v) is 19.9. The van der Waals surface area contributed by atoms with Crippen molar-refractivity contribution < 1.29 is 22.3 Å². The molecule has 2 atom stereocenters. The van der Waals surface area contributed by atoms with E-state index in [0.29, 0.717) is 18.4 Å². The van der Waals surface area contributed by atoms with Gasteiger partial charge in [0.2, 0.25) is 0 Å². The van der Waals surface area contributed by atoms with E-state index in [1.807, 2.05) is 50.4 Å². The summed E-state index contributed by atoms with van der Waals surface area (Å²) in [6.45, 7) is 1.94. The SMILES string of the molecule is C/C=C(\NC)[C@H](N[C@H](CCc1ccc(C(F)(F)F)nc1)c1ccc(F)c(OC)c1)c1ccccc1. The predicted molar refractivity (Wildman–Crippen MR) is 128 cm³/mol. The van der Waals surface area contributed by atoms with Crippen LogP contribution in [-0.2, 0) is 12.6 Å². The highest BCUT2D eigenvalue weighted by molar-refractivity contribution is 5.34. The zero-order valence-electron chi connectivity index (χ0n) is 19.9. The van der Waals surface area contributed by atoms with Gasteiger partial charge >= 0.3 is 6.18 Å². The Hall–Kier alpha value is -3.39. The predicted octanol–water partition coefficient (Wildman–Crippen LogP) is 6.38. The number of aromatic nitrogens is 1. The molecule has 0 saturated heterocycles. The Morgan fingerprint density at radius 3 is 2.37 bits per heavy atom. The summed E-state index contributed by atoms with van der Waals surface area (Å²) in [7, 11) is 3.25. The topological polar surface area (TPSA) is 46.2 Å². The second kappa shape index (κ2) is 11.8. The number of likely N-dealkylation sites (N-methyl/N-ethyl adjacent to an activating group) is 1. The molecule has 1 heterocycles. The van der Waals surface area contributed by atoms with Crippen molar-refractivity contribution in [1.29, 1.82) is 0 Å². The summed E-state index contributed by atoms with van der Waals surface area (Å²) in [6, 6.07) is 16.5. The van der Waals surface area contributed by atoms with Crippen molar-refractivity contribution in [1.82, 2.24) is 15.6 Å². The first-order valence-corrected chi connectivity index (χ1v) is 11.3. The van der Waals surface area contributed by atoms with E-state index >= 15 is 0 Å². The normalized spacial score (nSPS) is 13.9. The quantitative estimate of drug-likeness (QED) is 0.326. The number of hydrogen-bond donors (Lipinski definition) is 2. The lowest BCUT2D eigenvalue weighted by Gasteiger charge is -2.29. The molecule has 2 N–H and O–H groups in total. The van der Waals surface area contributed by atoms with E-state index in [9.17, 15) is 17.6 Å². The Balaban J connectivity index is 1.93. The summed E-state index contributed by atoms with van der Waals surface area (Å²) in [5.41, 5.74) is 2.54. The number of rotatable bonds is 10. The van der Waals surface area contributed by atoms with Gasteiger partial charge in [-0.15, -0.1) is 0 Å². The molecule has 0 saturated carbocycles. The van der Waals surface area contributed by atoms with Crippen molar-refractivity contribution >= 4 is 0 Å². The van der Waals surface area contributed by atoms with E-state index in [-0.39, 0.29) is 17.8 Å². The minimum atomic E-state index is -4.48. The fraction of sp³-hybridized carbons (Fsp3) is 0.296. The van der Waals surface area contributed by atoms with Crippen molar-refractivity contribution in [3.63, 3.8) is 0 Å². The number of allylic oxidation sites excluding steroid dienone is 1. The number of halogens is 4. The third-order valence-electron chi connectivity index (χ3n) is 5.83. The van der Waals surface area contributed by atoms with Gasteiger partial charge in [-0.2, -0.15) is 13.2 Å². The van der Waals surface area contributed by atoms with E-state index in [0.717, 1.165) is 22.9 Å². The number of nitrogens with zero attached hydrogens (tertiary/aromatic N) is 1. The van der Waals surface area contributed by atoms with Crippen LogP contribution in [0.25, 0.3) is 0 Å². The molecule has 2 aromatic carbocycles. The monoisotopic (exact) mass is 487 g/mol. The van der Waals surface area contributed by atoms with Crippen LogP contribution in [-0.4, -0.2) is 19.1 Å². The fourth-order valence-electron chi connectivity index (χ4n) is 3.96. The van der Waals surface area contributed by atoms with Crippen molar-refractivity contribution in [2.24, 2.45) is 0 Å². The van der Waals surface area contributed by atoms with Gasteiger partial charge in [0.15, 0.2) is 11.6 Å². The maximum atomic E-state index is 14.1. The van der Waals surface area contributed by atoms with Crippen LogP contribution >= 0.6 is 0 Å². The van der Waals surface area contributed by atoms with E-state index in [4.69, 9.17) is 4.74 Å². The lowest BCUT2D eigenvalue weighted by Crippen LogP contribution is -2.32. The van der Waals surface area contributed by atoms with Gasteiger partial charge in [-0.05, 0) is 54.7 Å². The summed E-state index contributed by atoms with van der Waals surface area (Å²) < 4.78 is 57.9. The highest BCUT2D eigenvalue weighted by Gasteiger charge is 2.32. The van der Waals surface area contributed by atoms with Crippen molar-refractivity contribution in [3.05, 3.63) is 107 Å². The molecule has 0 amide bonds. The summed E-state index contributed by atoms with van der Waals surface area (Å²) in [5.74, 6) is -0.340. The third-order valence-corrected chi connectivity index (χ3v) is 5.83. The van der Waals surface area contributed by atoms with Crippen LogP contribution in [0.4, 0.5) is 17.6 Å². The number of pyridine rings is 1. The Morgan fingerprint density at radius 2 is 1.80 bits per heavy atom. The van der Waals surface area contributed by atoms with Crippen LogP contribution in [0, 0.1) is 5.82 Å². The number of nitrogens with one attached hydrogen (secondary N) is 2. The highest BCUT2D eigenvalue weighted by atomic mass is 19.4. The Bertz CT molecular complexity index is 1120. The van der Waals surface area contributed by atoms with E-state index < -0.39 is 17.7 Å². The summed E-state index contributed by atoms with van der Waals surface area (Å²) in [6.07, 6.45) is -0.246. The van der Waals surface area contributed by atoms with Crippen molar-refractivity contribution in [2.45, 2.75) is 38.0 Å². The molecule has 0 unspecified atom stereocenters. The van der Waals surface area contributed by atoms with Crippen LogP contribution in [0.1, 0.15) is 47.8 Å². The number of ether oxygens (including phenoxy) is 1. The lowest BCUT2D eigenvalue weighted by molar-refractivity contribution is -0.141. The molecule has 0 aliphatic heterocycles. The number of hydrogen-bond acceptors (Lipinski definition) is 4. The molecule has 0 aliphatic carbocycles. The first-order valence-electron chi connectivity index (χ1n) is 11.3. The molecular formula is C27H29F4N3O. The highest BCUT2D eigenvalue weighted by Crippen LogP contribution is 2.31. The smallest absolute Gasteiger partial charge is 0.433 e. The molecule has 0 radical (unpaired) electrons. The molecular weight excluding hydrogens is 458 g/mol. The maximum absolute atomic E-state index is 14.1. The van der Waals surface area contributed by atoms with Gasteiger partial charge in [0.25, 0.3) is 0 Å². The fourth-order valence-corrected chi connectivity index (χ4v) is 3.96. The molecule has 186 valence electrons. The Kier molecular flexibility index (Phi) is 8.87. The summed E-state index contributed by atoms with van der Waals surface area (Å²) in [5, 5.41) is 6.89. The largest absolute Gasteiger partial charge is 0.494 e. The number of benzene rings is 2. The number of alkyl halides is 3. The average molecular weight is 488 g/mol. The van der Waals surface area contributed by atoms with E-state index in [1.165, 1.54) is 25.4 Å². The second-order valence-corrected chi connectivity index (χ2v) is 8.04. The first-order chi connectivity index (χ1) is 16.8. The molecule has 3 aromatic rings. The average Bonchev–Trinajstić information content (AvgIpc) is 2.86. The molecule has 3 rings (SSSR count). The van der Waals surface area contributed by atoms with Crippen LogP contribution in [0.3, 0.4) is 0 Å². The second-order valence-electron chi connectivity index (χ2n) is 8.04. The van der Waals surface area contributed by atoms with Gasteiger partial charge in [-0.25, -0.2) is 4.39 Å². The molecule has 0 spiro atoms. The molecule has 4 nitrogen and oxygen atoms in total. The van der Waals surface area contributed by atoms with Crippen LogP contribution in [0.2, 0.25) is 0 Å². The Morgan fingerprint density at radius 1 is 1.06 bits per heavy atom. The molecule has 35 heavy (non-hydrogen) atoms. The number of methoxy groups -OCH3 is 1. The van der Waals surface area contributed by atoms with Gasteiger partial charge in [0.1, 0.15) is 5.69 Å². The summed E-state index contributed by atoms with van der Waals surface area (Å²) >= 11 is 0. The van der Waals surface area contributed by atoms with Gasteiger partial charge in [0, 0.05) is 25.0 Å². The van der Waals surface area contributed by atoms with E-state index in [2.05, 4.69) is 15.6 Å². The molecule has 0 bridgehead atoms. The van der Waals surface area contributed by atoms with E-state index in [1.54, 1.807) is 12.1 Å². The van der Waals surface area contributed by atoms with Gasteiger partial charge in [-0.1, -0.05) is 48.5 Å². The van der Waals surface area contributed by atoms with Gasteiger partial charge < -0.3 is 10.1 Å². The maximum Gasteiger partial charge on any atom is 0.433 e. The van der Waals surface area contributed by atoms with Gasteiger partial charge in [-0.3, -0.25) is 10.3 Å². The lowest BCUT2D eigenvalue weighted by atomic mass is 9.95. The first kappa shape index (κ1) is 26.2. The molecule has 0 fully saturated rings. The minimum absolute atomic E-state index is 0.127. The Labute approximate surface area is 203 Å². The molecule has 8 heteroatoms. The van der Waals surface area contributed by atoms with Crippen molar-refractivity contribution in [2.75, 3.05) is 14.2 Å². The van der Waals surface area contributed by atoms with Crippen LogP contribution < -0.4 is 15.4 Å². The zero-order chi connectivity index (χ0) is 25.4. The summed E-state index contributed by atoms with van der Waals surface area (Å²) in [4.78, 5) is 3.57. The van der Waals surface area contributed by atoms with Crippen molar-refractivity contribution in [3.8, 4) is 5.75 Å². The molecule has 1 aromatic heterocycles. The molecule has 0 aliphatic rings. The van der Waals surface area contributed by atoms with Crippen LogP contribution in [0.15, 0.2) is 78.6 Å².